The van der Waals surface area contributed by atoms with Crippen molar-refractivity contribution in [2.24, 2.45) is 11.5 Å². The maximum absolute atomic E-state index is 14.3. The Kier molecular flexibility index (Phi) is 13.4. The molecule has 5 atom stereocenters. The summed E-state index contributed by atoms with van der Waals surface area (Å²) in [6.07, 6.45) is 2.40. The quantitative estimate of drug-likeness (QED) is 0.116. The van der Waals surface area contributed by atoms with Gasteiger partial charge >= 0.3 is 0 Å². The Morgan fingerprint density at radius 1 is 0.796 bits per heavy atom. The Labute approximate surface area is 312 Å². The Hall–Kier alpha value is -6.22. The summed E-state index contributed by atoms with van der Waals surface area (Å²) >= 11 is 0. The van der Waals surface area contributed by atoms with E-state index < -0.39 is 72.1 Å². The lowest BCUT2D eigenvalue weighted by molar-refractivity contribution is -0.135. The summed E-state index contributed by atoms with van der Waals surface area (Å²) in [7, 11) is 0. The molecule has 6 amide bonds. The first-order valence-electron chi connectivity index (χ1n) is 17.9. The highest BCUT2D eigenvalue weighted by atomic mass is 16.3. The number of fused-ring (bicyclic) bond motifs is 1. The van der Waals surface area contributed by atoms with E-state index >= 15 is 0 Å². The minimum absolute atomic E-state index is 0.0153. The van der Waals surface area contributed by atoms with Crippen molar-refractivity contribution in [3.8, 4) is 5.75 Å². The van der Waals surface area contributed by atoms with Gasteiger partial charge < -0.3 is 48.1 Å². The normalized spacial score (nSPS) is 21.1. The minimum atomic E-state index is -1.35. The van der Waals surface area contributed by atoms with Crippen molar-refractivity contribution in [2.45, 2.75) is 75.2 Å². The lowest BCUT2D eigenvalue weighted by atomic mass is 10.0. The monoisotopic (exact) mass is 738 g/mol. The largest absolute Gasteiger partial charge is 0.508 e. The molecule has 1 aliphatic rings. The molecule has 0 spiro atoms. The zero-order valence-corrected chi connectivity index (χ0v) is 29.7. The maximum atomic E-state index is 14.3. The Bertz CT molecular complexity index is 1950. The molecule has 54 heavy (non-hydrogen) atoms. The molecule has 4 aromatic rings. The molecular weight excluding hydrogens is 692 g/mol. The number of H-pyrrole nitrogens is 1. The lowest BCUT2D eigenvalue weighted by Gasteiger charge is -2.26. The van der Waals surface area contributed by atoms with Gasteiger partial charge in [-0.25, -0.2) is 0 Å². The van der Waals surface area contributed by atoms with Crippen molar-refractivity contribution in [3.63, 3.8) is 0 Å². The van der Waals surface area contributed by atoms with Gasteiger partial charge in [0, 0.05) is 36.5 Å². The summed E-state index contributed by atoms with van der Waals surface area (Å²) in [5.74, 6) is -4.09. The van der Waals surface area contributed by atoms with Crippen molar-refractivity contribution >= 4 is 46.3 Å². The molecule has 15 heteroatoms. The number of nitrogens with one attached hydrogen (secondary N) is 6. The zero-order chi connectivity index (χ0) is 38.6. The van der Waals surface area contributed by atoms with Crippen LogP contribution in [0.3, 0.4) is 0 Å². The highest BCUT2D eigenvalue weighted by molar-refractivity contribution is 5.97. The molecule has 0 bridgehead atoms. The van der Waals surface area contributed by atoms with Gasteiger partial charge in [-0.1, -0.05) is 60.7 Å². The molecule has 1 saturated heterocycles. The minimum Gasteiger partial charge on any atom is -0.508 e. The number of aromatic nitrogens is 1. The van der Waals surface area contributed by atoms with Gasteiger partial charge in [-0.3, -0.25) is 28.8 Å². The second-order valence-corrected chi connectivity index (χ2v) is 13.4. The van der Waals surface area contributed by atoms with E-state index in [0.717, 1.165) is 16.5 Å². The van der Waals surface area contributed by atoms with Gasteiger partial charge in [0.15, 0.2) is 0 Å². The molecule has 3 aromatic carbocycles. The molecule has 1 fully saturated rings. The third-order valence-electron chi connectivity index (χ3n) is 9.30. The van der Waals surface area contributed by atoms with E-state index in [1.165, 1.54) is 12.1 Å². The number of nitrogens with two attached hydrogens (primary N) is 2. The van der Waals surface area contributed by atoms with Crippen LogP contribution in [0, 0.1) is 0 Å². The standard InChI is InChI=1S/C39H46N8O7/c40-28(18-24-13-15-26(48)16-14-24)36(51)44-30-12-6-7-17-42-34(49)21-31(35(41)50)45-38(53)32(19-23-8-2-1-3-9-23)46-39(54)33(47-37(30)52)20-25-22-43-29-11-5-4-10-27(25)29/h1-5,8-11,13-16,22,28,30-33,43,48H,6-7,12,17-21,40H2,(H2,41,50)(H,42,49)(H,44,51)(H,45,53)(H,46,54)(H,47,52)/t28-,30+,31-,32-,33-/m0/s1. The van der Waals surface area contributed by atoms with Crippen LogP contribution in [-0.4, -0.2) is 82.3 Å². The third kappa shape index (κ3) is 10.9. The first kappa shape index (κ1) is 39.0. The molecule has 11 N–H and O–H groups in total. The first-order chi connectivity index (χ1) is 26.0. The summed E-state index contributed by atoms with van der Waals surface area (Å²) in [6.45, 7) is 0.181. The molecular formula is C39H46N8O7. The summed E-state index contributed by atoms with van der Waals surface area (Å²) < 4.78 is 0. The molecule has 0 radical (unpaired) electrons. The van der Waals surface area contributed by atoms with Crippen LogP contribution in [0.4, 0.5) is 0 Å². The second kappa shape index (κ2) is 18.5. The Balaban J connectivity index is 1.45. The van der Waals surface area contributed by atoms with Crippen LogP contribution in [-0.2, 0) is 48.0 Å². The van der Waals surface area contributed by atoms with Crippen LogP contribution in [0.1, 0.15) is 42.4 Å². The average Bonchev–Trinajstić information content (AvgIpc) is 3.56. The zero-order valence-electron chi connectivity index (χ0n) is 29.7. The van der Waals surface area contributed by atoms with Gasteiger partial charge in [0.2, 0.25) is 35.4 Å². The number of primary amides is 1. The van der Waals surface area contributed by atoms with Crippen molar-refractivity contribution < 1.29 is 33.9 Å². The maximum Gasteiger partial charge on any atom is 0.243 e. The van der Waals surface area contributed by atoms with Crippen molar-refractivity contribution in [1.29, 1.82) is 0 Å². The van der Waals surface area contributed by atoms with Gasteiger partial charge in [-0.05, 0) is 60.6 Å². The van der Waals surface area contributed by atoms with Crippen LogP contribution in [0.2, 0.25) is 0 Å². The molecule has 0 unspecified atom stereocenters. The first-order valence-corrected chi connectivity index (χ1v) is 17.9. The van der Waals surface area contributed by atoms with E-state index in [9.17, 15) is 33.9 Å². The fraction of sp³-hybridized carbons (Fsp3) is 0.333. The number of rotatable bonds is 9. The number of carbonyl (C=O) groups is 6. The van der Waals surface area contributed by atoms with Crippen LogP contribution >= 0.6 is 0 Å². The van der Waals surface area contributed by atoms with Crippen molar-refractivity contribution in [1.82, 2.24) is 31.6 Å². The van der Waals surface area contributed by atoms with E-state index in [1.54, 1.807) is 48.7 Å². The topological polar surface area (TPSA) is 251 Å². The molecule has 5 rings (SSSR count). The molecule has 1 aromatic heterocycles. The predicted molar refractivity (Wildman–Crippen MR) is 200 cm³/mol. The third-order valence-corrected chi connectivity index (χ3v) is 9.30. The summed E-state index contributed by atoms with van der Waals surface area (Å²) in [5, 5.41) is 24.0. The van der Waals surface area contributed by atoms with Gasteiger partial charge in [-0.15, -0.1) is 0 Å². The number of aromatic amines is 1. The Morgan fingerprint density at radius 2 is 1.46 bits per heavy atom. The van der Waals surface area contributed by atoms with Crippen LogP contribution < -0.4 is 38.1 Å². The van der Waals surface area contributed by atoms with E-state index in [2.05, 4.69) is 31.6 Å². The number of amides is 6. The fourth-order valence-electron chi connectivity index (χ4n) is 6.31. The van der Waals surface area contributed by atoms with E-state index in [1.807, 2.05) is 24.3 Å². The van der Waals surface area contributed by atoms with E-state index in [-0.39, 0.29) is 38.0 Å². The molecule has 2 heterocycles. The SMILES string of the molecule is NC(=O)[C@@H]1CC(=O)NCCCC[C@@H](NC(=O)[C@@H](N)Cc2ccc(O)cc2)C(=O)N[C@@H](Cc2c[nH]c3ccccc23)C(=O)N[C@@H](Cc2ccccc2)C(=O)N1. The van der Waals surface area contributed by atoms with Crippen molar-refractivity contribution in [2.75, 3.05) is 6.54 Å². The highest BCUT2D eigenvalue weighted by Gasteiger charge is 2.33. The van der Waals surface area contributed by atoms with Crippen LogP contribution in [0.25, 0.3) is 10.9 Å². The number of hydrogen-bond acceptors (Lipinski definition) is 8. The van der Waals surface area contributed by atoms with Gasteiger partial charge in [0.25, 0.3) is 0 Å². The molecule has 0 saturated carbocycles. The number of benzene rings is 3. The molecule has 0 aliphatic carbocycles. The molecule has 284 valence electrons. The summed E-state index contributed by atoms with van der Waals surface area (Å²) in [6, 6.07) is 16.6. The van der Waals surface area contributed by atoms with Gasteiger partial charge in [-0.2, -0.15) is 0 Å². The smallest absolute Gasteiger partial charge is 0.243 e. The van der Waals surface area contributed by atoms with Crippen LogP contribution in [0.5, 0.6) is 5.75 Å². The number of phenols is 1. The Morgan fingerprint density at radius 3 is 2.20 bits per heavy atom. The van der Waals surface area contributed by atoms with E-state index in [4.69, 9.17) is 11.5 Å². The fourth-order valence-corrected chi connectivity index (χ4v) is 6.31. The second-order valence-electron chi connectivity index (χ2n) is 13.4. The highest BCUT2D eigenvalue weighted by Crippen LogP contribution is 2.20. The molecule has 15 nitrogen and oxygen atoms in total. The number of phenolic OH excluding ortho intramolecular Hbond substituents is 1. The molecule has 1 aliphatic heterocycles. The number of hydrogen-bond donors (Lipinski definition) is 9. The van der Waals surface area contributed by atoms with Gasteiger partial charge in [0.1, 0.15) is 29.9 Å². The van der Waals surface area contributed by atoms with E-state index in [0.29, 0.717) is 24.0 Å². The number of carbonyl (C=O) groups excluding carboxylic acids is 6. The predicted octanol–water partition coefficient (Wildman–Crippen LogP) is 0.343. The van der Waals surface area contributed by atoms with Gasteiger partial charge in [0.05, 0.1) is 12.5 Å². The average molecular weight is 739 g/mol. The number of aromatic hydroxyl groups is 1. The van der Waals surface area contributed by atoms with Crippen LogP contribution in [0.15, 0.2) is 85.1 Å². The van der Waals surface area contributed by atoms with Crippen molar-refractivity contribution in [3.05, 3.63) is 102 Å². The summed E-state index contributed by atoms with van der Waals surface area (Å²) in [4.78, 5) is 83.8. The lowest BCUT2D eigenvalue weighted by Crippen LogP contribution is -2.59. The number of para-hydroxylation sites is 1. The summed E-state index contributed by atoms with van der Waals surface area (Å²) in [5.41, 5.74) is 14.8.